The lowest BCUT2D eigenvalue weighted by molar-refractivity contribution is -0.192. The van der Waals surface area contributed by atoms with E-state index in [0.29, 0.717) is 18.1 Å². The van der Waals surface area contributed by atoms with Crippen LogP contribution in [0.2, 0.25) is 0 Å². The van der Waals surface area contributed by atoms with E-state index in [2.05, 4.69) is 50.4 Å². The minimum Gasteiger partial charge on any atom is -0.377 e. The number of hydrogen-bond donors (Lipinski definition) is 1. The predicted octanol–water partition coefficient (Wildman–Crippen LogP) is 3.29. The molecule has 1 aromatic carbocycles. The van der Waals surface area contributed by atoms with Gasteiger partial charge < -0.3 is 10.1 Å². The first-order valence-corrected chi connectivity index (χ1v) is 7.49. The van der Waals surface area contributed by atoms with Crippen molar-refractivity contribution in [3.8, 4) is 0 Å². The van der Waals surface area contributed by atoms with Gasteiger partial charge in [-0.15, -0.1) is 0 Å². The zero-order valence-electron chi connectivity index (χ0n) is 12.3. The first kappa shape index (κ1) is 13.1. The Bertz CT molecular complexity index is 437. The van der Waals surface area contributed by atoms with Crippen LogP contribution in [-0.4, -0.2) is 18.8 Å². The molecule has 1 N–H and O–H groups in total. The highest BCUT2D eigenvalue weighted by atomic mass is 16.5. The van der Waals surface area contributed by atoms with Crippen molar-refractivity contribution < 1.29 is 4.74 Å². The highest BCUT2D eigenvalue weighted by Gasteiger charge is 2.57. The summed E-state index contributed by atoms with van der Waals surface area (Å²) in [5.74, 6) is 0.717. The predicted molar refractivity (Wildman–Crippen MR) is 78.1 cm³/mol. The molecule has 0 aromatic heterocycles. The van der Waals surface area contributed by atoms with Crippen molar-refractivity contribution >= 4 is 0 Å². The quantitative estimate of drug-likeness (QED) is 0.899. The molecule has 1 aromatic rings. The van der Waals surface area contributed by atoms with Crippen LogP contribution < -0.4 is 5.32 Å². The Morgan fingerprint density at radius 1 is 1.26 bits per heavy atom. The van der Waals surface area contributed by atoms with Crippen molar-refractivity contribution in [1.29, 1.82) is 0 Å². The largest absolute Gasteiger partial charge is 0.377 e. The molecule has 3 atom stereocenters. The maximum absolute atomic E-state index is 5.95. The van der Waals surface area contributed by atoms with E-state index in [-0.39, 0.29) is 5.41 Å². The van der Waals surface area contributed by atoms with E-state index >= 15 is 0 Å². The Balaban J connectivity index is 1.62. The summed E-state index contributed by atoms with van der Waals surface area (Å²) in [4.78, 5) is 0. The molecule has 2 aliphatic rings. The molecule has 3 unspecified atom stereocenters. The molecule has 1 aliphatic heterocycles. The van der Waals surface area contributed by atoms with E-state index in [1.807, 2.05) is 0 Å². The smallest absolute Gasteiger partial charge is 0.0684 e. The summed E-state index contributed by atoms with van der Waals surface area (Å²) < 4.78 is 5.95. The second-order valence-corrected chi connectivity index (χ2v) is 6.76. The second kappa shape index (κ2) is 4.92. The van der Waals surface area contributed by atoms with Gasteiger partial charge in [0.2, 0.25) is 0 Å². The molecule has 2 fully saturated rings. The number of nitrogens with one attached hydrogen (secondary N) is 1. The lowest BCUT2D eigenvalue weighted by atomic mass is 9.55. The molecule has 1 saturated carbocycles. The van der Waals surface area contributed by atoms with Crippen LogP contribution in [0.3, 0.4) is 0 Å². The monoisotopic (exact) mass is 259 g/mol. The SMILES string of the molecule is Cc1ccc(CNC2C3CCCOC3C2(C)C)cc1. The molecule has 0 spiro atoms. The molecule has 104 valence electrons. The normalized spacial score (nSPS) is 32.5. The summed E-state index contributed by atoms with van der Waals surface area (Å²) in [6, 6.07) is 9.43. The Kier molecular flexibility index (Phi) is 3.40. The van der Waals surface area contributed by atoms with Gasteiger partial charge in [0.05, 0.1) is 6.10 Å². The van der Waals surface area contributed by atoms with Gasteiger partial charge >= 0.3 is 0 Å². The Morgan fingerprint density at radius 3 is 2.74 bits per heavy atom. The minimum atomic E-state index is 0.274. The van der Waals surface area contributed by atoms with Gasteiger partial charge in [-0.1, -0.05) is 43.7 Å². The number of ether oxygens (including phenoxy) is 1. The van der Waals surface area contributed by atoms with E-state index in [0.717, 1.165) is 13.2 Å². The van der Waals surface area contributed by atoms with Gasteiger partial charge in [0.15, 0.2) is 0 Å². The van der Waals surface area contributed by atoms with Crippen LogP contribution in [-0.2, 0) is 11.3 Å². The van der Waals surface area contributed by atoms with Crippen molar-refractivity contribution in [1.82, 2.24) is 5.32 Å². The average Bonchev–Trinajstić information content (AvgIpc) is 2.41. The third-order valence-corrected chi connectivity index (χ3v) is 4.98. The van der Waals surface area contributed by atoms with E-state index in [1.54, 1.807) is 0 Å². The highest BCUT2D eigenvalue weighted by molar-refractivity contribution is 5.21. The van der Waals surface area contributed by atoms with Gasteiger partial charge in [0.25, 0.3) is 0 Å². The van der Waals surface area contributed by atoms with Crippen LogP contribution in [0.5, 0.6) is 0 Å². The fraction of sp³-hybridized carbons (Fsp3) is 0.647. The number of aryl methyl sites for hydroxylation is 1. The van der Waals surface area contributed by atoms with E-state index < -0.39 is 0 Å². The first-order chi connectivity index (χ1) is 9.09. The molecule has 2 nitrogen and oxygen atoms in total. The van der Waals surface area contributed by atoms with Gasteiger partial charge in [0.1, 0.15) is 0 Å². The molecule has 2 heteroatoms. The lowest BCUT2D eigenvalue weighted by Gasteiger charge is -2.60. The molecule has 0 bridgehead atoms. The van der Waals surface area contributed by atoms with Crippen molar-refractivity contribution in [2.24, 2.45) is 11.3 Å². The summed E-state index contributed by atoms with van der Waals surface area (Å²) >= 11 is 0. The van der Waals surface area contributed by atoms with Gasteiger partial charge in [-0.05, 0) is 25.3 Å². The molecule has 3 rings (SSSR count). The van der Waals surface area contributed by atoms with Crippen molar-refractivity contribution in [2.75, 3.05) is 6.61 Å². The van der Waals surface area contributed by atoms with Crippen LogP contribution >= 0.6 is 0 Å². The van der Waals surface area contributed by atoms with Crippen LogP contribution in [0.15, 0.2) is 24.3 Å². The van der Waals surface area contributed by atoms with Crippen molar-refractivity contribution in [3.05, 3.63) is 35.4 Å². The van der Waals surface area contributed by atoms with Crippen molar-refractivity contribution in [3.63, 3.8) is 0 Å². The third-order valence-electron chi connectivity index (χ3n) is 4.98. The topological polar surface area (TPSA) is 21.3 Å². The first-order valence-electron chi connectivity index (χ1n) is 7.49. The maximum atomic E-state index is 5.95. The number of benzene rings is 1. The van der Waals surface area contributed by atoms with Crippen LogP contribution in [0.25, 0.3) is 0 Å². The van der Waals surface area contributed by atoms with Gasteiger partial charge in [-0.2, -0.15) is 0 Å². The molecular weight excluding hydrogens is 234 g/mol. The number of rotatable bonds is 3. The standard InChI is InChI=1S/C17H25NO/c1-12-6-8-13(9-7-12)11-18-15-14-5-4-10-19-16(14)17(15,2)3/h6-9,14-16,18H,4-5,10-11H2,1-3H3. The molecule has 0 radical (unpaired) electrons. The minimum absolute atomic E-state index is 0.274. The Morgan fingerprint density at radius 2 is 2.00 bits per heavy atom. The molecular formula is C17H25NO. The summed E-state index contributed by atoms with van der Waals surface area (Å²) in [5.41, 5.74) is 2.98. The fourth-order valence-corrected chi connectivity index (χ4v) is 3.87. The number of hydrogen-bond acceptors (Lipinski definition) is 2. The maximum Gasteiger partial charge on any atom is 0.0684 e. The Labute approximate surface area is 116 Å². The number of fused-ring (bicyclic) bond motifs is 1. The molecule has 0 amide bonds. The molecule has 1 aliphatic carbocycles. The summed E-state index contributed by atoms with van der Waals surface area (Å²) in [5, 5.41) is 3.76. The van der Waals surface area contributed by atoms with Gasteiger partial charge in [-0.25, -0.2) is 0 Å². The van der Waals surface area contributed by atoms with E-state index in [1.165, 1.54) is 24.0 Å². The van der Waals surface area contributed by atoms with Crippen LogP contribution in [0.1, 0.15) is 37.8 Å². The molecule has 1 saturated heterocycles. The van der Waals surface area contributed by atoms with Crippen LogP contribution in [0, 0.1) is 18.3 Å². The summed E-state index contributed by atoms with van der Waals surface area (Å²) in [7, 11) is 0. The van der Waals surface area contributed by atoms with Crippen LogP contribution in [0.4, 0.5) is 0 Å². The fourth-order valence-electron chi connectivity index (χ4n) is 3.87. The highest BCUT2D eigenvalue weighted by Crippen LogP contribution is 2.51. The zero-order valence-corrected chi connectivity index (χ0v) is 12.3. The van der Waals surface area contributed by atoms with Gasteiger partial charge in [0, 0.05) is 30.5 Å². The Hall–Kier alpha value is -0.860. The average molecular weight is 259 g/mol. The van der Waals surface area contributed by atoms with Crippen molar-refractivity contribution in [2.45, 2.75) is 52.3 Å². The molecule has 1 heterocycles. The van der Waals surface area contributed by atoms with E-state index in [9.17, 15) is 0 Å². The summed E-state index contributed by atoms with van der Waals surface area (Å²) in [6.45, 7) is 8.74. The second-order valence-electron chi connectivity index (χ2n) is 6.76. The lowest BCUT2D eigenvalue weighted by Crippen LogP contribution is -2.69. The summed E-state index contributed by atoms with van der Waals surface area (Å²) in [6.07, 6.45) is 3.01. The van der Waals surface area contributed by atoms with Gasteiger partial charge in [-0.3, -0.25) is 0 Å². The molecule has 19 heavy (non-hydrogen) atoms. The van der Waals surface area contributed by atoms with E-state index in [4.69, 9.17) is 4.74 Å². The third kappa shape index (κ3) is 2.32. The zero-order chi connectivity index (χ0) is 13.5.